The highest BCUT2D eigenvalue weighted by Gasteiger charge is 2.00. The average molecular weight is 196 g/mol. The first kappa shape index (κ1) is 10.2. The molecule has 0 atom stereocenters. The van der Waals surface area contributed by atoms with Crippen LogP contribution in [0.4, 0.5) is 4.39 Å². The molecule has 74 valence electrons. The minimum absolute atomic E-state index is 0.216. The lowest BCUT2D eigenvalue weighted by Gasteiger charge is -2.00. The van der Waals surface area contributed by atoms with Gasteiger partial charge in [-0.1, -0.05) is 0 Å². The Kier molecular flexibility index (Phi) is 3.23. The van der Waals surface area contributed by atoms with E-state index in [9.17, 15) is 9.18 Å². The van der Waals surface area contributed by atoms with E-state index in [4.69, 9.17) is 9.84 Å². The van der Waals surface area contributed by atoms with Gasteiger partial charge >= 0.3 is 5.97 Å². The van der Waals surface area contributed by atoms with Crippen molar-refractivity contribution in [2.75, 3.05) is 7.11 Å². The smallest absolute Gasteiger partial charge is 0.328 e. The first-order valence-electron chi connectivity index (χ1n) is 3.88. The lowest BCUT2D eigenvalue weighted by Crippen LogP contribution is -1.89. The Morgan fingerprint density at radius 2 is 2.29 bits per heavy atom. The largest absolute Gasteiger partial charge is 0.497 e. The average Bonchev–Trinajstić information content (AvgIpc) is 2.15. The van der Waals surface area contributed by atoms with Gasteiger partial charge in [-0.2, -0.15) is 0 Å². The number of carboxylic acid groups (broad SMARTS) is 1. The third-order valence-electron chi connectivity index (χ3n) is 1.61. The van der Waals surface area contributed by atoms with Crippen LogP contribution in [-0.2, 0) is 4.79 Å². The van der Waals surface area contributed by atoms with Gasteiger partial charge in [-0.05, 0) is 18.2 Å². The number of halogens is 1. The molecule has 0 spiro atoms. The van der Waals surface area contributed by atoms with Crippen LogP contribution < -0.4 is 4.74 Å². The van der Waals surface area contributed by atoms with Gasteiger partial charge in [-0.3, -0.25) is 0 Å². The molecule has 1 aromatic carbocycles. The molecule has 4 heteroatoms. The standard InChI is InChI=1S/C10H9FO3/c1-14-8-4-2-7(9(11)6-8)3-5-10(12)13/h2-6H,1H3,(H,12,13)/b5-3-. The van der Waals surface area contributed by atoms with E-state index in [2.05, 4.69) is 0 Å². The van der Waals surface area contributed by atoms with E-state index in [1.165, 1.54) is 25.3 Å². The van der Waals surface area contributed by atoms with Crippen LogP contribution in [0.1, 0.15) is 5.56 Å². The van der Waals surface area contributed by atoms with Gasteiger partial charge in [0.15, 0.2) is 0 Å². The van der Waals surface area contributed by atoms with E-state index in [1.54, 1.807) is 6.07 Å². The van der Waals surface area contributed by atoms with Crippen LogP contribution in [0.15, 0.2) is 24.3 Å². The summed E-state index contributed by atoms with van der Waals surface area (Å²) in [5, 5.41) is 8.33. The summed E-state index contributed by atoms with van der Waals surface area (Å²) in [6, 6.07) is 4.21. The summed E-state index contributed by atoms with van der Waals surface area (Å²) in [5.74, 6) is -1.22. The van der Waals surface area contributed by atoms with Gasteiger partial charge in [0.1, 0.15) is 11.6 Å². The monoisotopic (exact) mass is 196 g/mol. The fourth-order valence-corrected chi connectivity index (χ4v) is 0.931. The van der Waals surface area contributed by atoms with Crippen molar-refractivity contribution in [1.82, 2.24) is 0 Å². The predicted octanol–water partition coefficient (Wildman–Crippen LogP) is 1.93. The van der Waals surface area contributed by atoms with E-state index < -0.39 is 11.8 Å². The first-order chi connectivity index (χ1) is 6.63. The highest BCUT2D eigenvalue weighted by molar-refractivity contribution is 5.85. The molecule has 0 aliphatic heterocycles. The van der Waals surface area contributed by atoms with Crippen molar-refractivity contribution < 1.29 is 19.0 Å². The van der Waals surface area contributed by atoms with Crippen molar-refractivity contribution in [2.24, 2.45) is 0 Å². The topological polar surface area (TPSA) is 46.5 Å². The molecular formula is C10H9FO3. The van der Waals surface area contributed by atoms with Crippen molar-refractivity contribution in [3.05, 3.63) is 35.7 Å². The van der Waals surface area contributed by atoms with Crippen molar-refractivity contribution in [3.63, 3.8) is 0 Å². The first-order valence-corrected chi connectivity index (χ1v) is 3.88. The summed E-state index contributed by atoms with van der Waals surface area (Å²) in [6.07, 6.45) is 2.07. The molecule has 0 radical (unpaired) electrons. The zero-order valence-electron chi connectivity index (χ0n) is 7.53. The number of aliphatic carboxylic acids is 1. The van der Waals surface area contributed by atoms with Crippen molar-refractivity contribution in [1.29, 1.82) is 0 Å². The molecule has 14 heavy (non-hydrogen) atoms. The molecule has 0 amide bonds. The van der Waals surface area contributed by atoms with Gasteiger partial charge in [-0.25, -0.2) is 9.18 Å². The highest BCUT2D eigenvalue weighted by Crippen LogP contribution is 2.17. The lowest BCUT2D eigenvalue weighted by atomic mass is 10.2. The van der Waals surface area contributed by atoms with E-state index in [0.717, 1.165) is 6.08 Å². The molecule has 0 aliphatic carbocycles. The van der Waals surface area contributed by atoms with Gasteiger partial charge < -0.3 is 9.84 Å². The van der Waals surface area contributed by atoms with E-state index in [1.807, 2.05) is 0 Å². The number of hydrogen-bond acceptors (Lipinski definition) is 2. The zero-order chi connectivity index (χ0) is 10.6. The predicted molar refractivity (Wildman–Crippen MR) is 49.6 cm³/mol. The normalized spacial score (nSPS) is 10.4. The molecular weight excluding hydrogens is 187 g/mol. The number of hydrogen-bond donors (Lipinski definition) is 1. The minimum Gasteiger partial charge on any atom is -0.497 e. The van der Waals surface area contributed by atoms with Crippen LogP contribution >= 0.6 is 0 Å². The Labute approximate surface area is 80.4 Å². The molecule has 1 N–H and O–H groups in total. The summed E-state index contributed by atoms with van der Waals surface area (Å²) in [6.45, 7) is 0. The number of carboxylic acids is 1. The second-order valence-corrected chi connectivity index (χ2v) is 2.56. The number of rotatable bonds is 3. The Bertz CT molecular complexity index is 372. The van der Waals surface area contributed by atoms with Crippen LogP contribution in [0.25, 0.3) is 6.08 Å². The third kappa shape index (κ3) is 2.58. The second kappa shape index (κ2) is 4.41. The van der Waals surface area contributed by atoms with Crippen LogP contribution in [0.3, 0.4) is 0 Å². The summed E-state index contributed by atoms with van der Waals surface area (Å²) in [5.41, 5.74) is 0.216. The van der Waals surface area contributed by atoms with Crippen LogP contribution in [-0.4, -0.2) is 18.2 Å². The van der Waals surface area contributed by atoms with Gasteiger partial charge in [0.2, 0.25) is 0 Å². The zero-order valence-corrected chi connectivity index (χ0v) is 7.53. The van der Waals surface area contributed by atoms with Gasteiger partial charge in [0.25, 0.3) is 0 Å². The molecule has 0 heterocycles. The molecule has 0 unspecified atom stereocenters. The van der Waals surface area contributed by atoms with Gasteiger partial charge in [-0.15, -0.1) is 0 Å². The maximum atomic E-state index is 13.2. The molecule has 3 nitrogen and oxygen atoms in total. The van der Waals surface area contributed by atoms with Crippen molar-refractivity contribution in [3.8, 4) is 5.75 Å². The second-order valence-electron chi connectivity index (χ2n) is 2.56. The highest BCUT2D eigenvalue weighted by atomic mass is 19.1. The molecule has 0 saturated carbocycles. The summed E-state index contributed by atoms with van der Waals surface area (Å²) in [4.78, 5) is 10.2. The number of methoxy groups -OCH3 is 1. The quantitative estimate of drug-likeness (QED) is 0.751. The van der Waals surface area contributed by atoms with Crippen molar-refractivity contribution >= 4 is 12.0 Å². The Morgan fingerprint density at radius 3 is 2.79 bits per heavy atom. The van der Waals surface area contributed by atoms with Crippen LogP contribution in [0, 0.1) is 5.82 Å². The van der Waals surface area contributed by atoms with Crippen LogP contribution in [0.5, 0.6) is 5.75 Å². The Hall–Kier alpha value is -1.84. The van der Waals surface area contributed by atoms with E-state index in [-0.39, 0.29) is 5.56 Å². The molecule has 0 saturated heterocycles. The third-order valence-corrected chi connectivity index (χ3v) is 1.61. The van der Waals surface area contributed by atoms with Crippen molar-refractivity contribution in [2.45, 2.75) is 0 Å². The number of ether oxygens (including phenoxy) is 1. The summed E-state index contributed by atoms with van der Waals surface area (Å²) >= 11 is 0. The molecule has 1 aromatic rings. The van der Waals surface area contributed by atoms with Gasteiger partial charge in [0, 0.05) is 17.7 Å². The summed E-state index contributed by atoms with van der Waals surface area (Å²) in [7, 11) is 1.43. The summed E-state index contributed by atoms with van der Waals surface area (Å²) < 4.78 is 18.0. The molecule has 0 aromatic heterocycles. The Morgan fingerprint density at radius 1 is 1.57 bits per heavy atom. The van der Waals surface area contributed by atoms with Crippen LogP contribution in [0.2, 0.25) is 0 Å². The maximum Gasteiger partial charge on any atom is 0.328 e. The lowest BCUT2D eigenvalue weighted by molar-refractivity contribution is -0.131. The van der Waals surface area contributed by atoms with Gasteiger partial charge in [0.05, 0.1) is 7.11 Å². The minimum atomic E-state index is -1.11. The molecule has 0 bridgehead atoms. The molecule has 0 fully saturated rings. The van der Waals surface area contributed by atoms with E-state index >= 15 is 0 Å². The number of benzene rings is 1. The van der Waals surface area contributed by atoms with E-state index in [0.29, 0.717) is 5.75 Å². The Balaban J connectivity index is 2.94. The SMILES string of the molecule is COc1ccc(/C=C\C(=O)O)c(F)c1. The maximum absolute atomic E-state index is 13.2. The fourth-order valence-electron chi connectivity index (χ4n) is 0.931. The number of carbonyl (C=O) groups is 1. The molecule has 0 aliphatic rings. The molecule has 1 rings (SSSR count). The fraction of sp³-hybridized carbons (Fsp3) is 0.100.